The number of halogens is 1. The molecule has 20 heavy (non-hydrogen) atoms. The number of ether oxygens (including phenoxy) is 1. The number of rotatable bonds is 6. The quantitative estimate of drug-likeness (QED) is 0.750. The van der Waals surface area contributed by atoms with E-state index < -0.39 is 0 Å². The van der Waals surface area contributed by atoms with Gasteiger partial charge in [-0.05, 0) is 44.5 Å². The molecule has 1 aliphatic rings. The Bertz CT molecular complexity index is 425. The molecule has 1 aromatic heterocycles. The number of hydrogen-bond acceptors (Lipinski definition) is 3. The molecule has 0 aromatic carbocycles. The van der Waals surface area contributed by atoms with Crippen molar-refractivity contribution >= 4 is 11.6 Å². The topological polar surface area (TPSA) is 25.4 Å². The summed E-state index contributed by atoms with van der Waals surface area (Å²) >= 11 is 5.95. The highest BCUT2D eigenvalue weighted by Gasteiger charge is 2.19. The van der Waals surface area contributed by atoms with Crippen molar-refractivity contribution in [1.29, 1.82) is 0 Å². The maximum atomic E-state index is 5.95. The number of hydrogen-bond donors (Lipinski definition) is 0. The Morgan fingerprint density at radius 3 is 2.95 bits per heavy atom. The van der Waals surface area contributed by atoms with Crippen LogP contribution in [0, 0.1) is 0 Å². The van der Waals surface area contributed by atoms with Crippen LogP contribution in [0.25, 0.3) is 0 Å². The van der Waals surface area contributed by atoms with Gasteiger partial charge in [0, 0.05) is 23.7 Å². The minimum absolute atomic E-state index is 0.513. The van der Waals surface area contributed by atoms with Gasteiger partial charge in [-0.3, -0.25) is 0 Å². The van der Waals surface area contributed by atoms with E-state index >= 15 is 0 Å². The molecule has 1 fully saturated rings. The maximum Gasteiger partial charge on any atom is 0.213 e. The molecule has 1 aliphatic heterocycles. The van der Waals surface area contributed by atoms with Crippen molar-refractivity contribution in [2.24, 2.45) is 0 Å². The van der Waals surface area contributed by atoms with E-state index in [0.29, 0.717) is 11.9 Å². The van der Waals surface area contributed by atoms with Crippen LogP contribution in [0.1, 0.15) is 43.9 Å². The number of alkyl halides is 1. The van der Waals surface area contributed by atoms with Gasteiger partial charge < -0.3 is 9.64 Å². The molecule has 0 radical (unpaired) electrons. The molecule has 0 N–H and O–H groups in total. The third-order valence-electron chi connectivity index (χ3n) is 3.92. The van der Waals surface area contributed by atoms with E-state index in [1.54, 1.807) is 0 Å². The Morgan fingerprint density at radius 2 is 2.25 bits per heavy atom. The van der Waals surface area contributed by atoms with Gasteiger partial charge in [0.05, 0.1) is 0 Å². The van der Waals surface area contributed by atoms with Crippen LogP contribution in [-0.2, 0) is 12.3 Å². The van der Waals surface area contributed by atoms with Crippen LogP contribution in [0.5, 0.6) is 5.88 Å². The van der Waals surface area contributed by atoms with Crippen LogP contribution < -0.4 is 4.74 Å². The first-order chi connectivity index (χ1) is 9.72. The van der Waals surface area contributed by atoms with Gasteiger partial charge in [0.25, 0.3) is 0 Å². The van der Waals surface area contributed by atoms with E-state index in [1.165, 1.54) is 25.8 Å². The van der Waals surface area contributed by atoms with Crippen LogP contribution in [0.15, 0.2) is 12.1 Å². The van der Waals surface area contributed by atoms with E-state index in [-0.39, 0.29) is 0 Å². The number of aromatic nitrogens is 1. The minimum Gasteiger partial charge on any atom is -0.476 e. The van der Waals surface area contributed by atoms with Crippen molar-refractivity contribution in [3.8, 4) is 5.88 Å². The van der Waals surface area contributed by atoms with Gasteiger partial charge in [0.15, 0.2) is 0 Å². The number of pyridine rings is 1. The number of nitrogens with zero attached hydrogens (tertiary/aromatic N) is 2. The maximum absolute atomic E-state index is 5.95. The number of likely N-dealkylation sites (tertiary alicyclic amines) is 1. The van der Waals surface area contributed by atoms with Crippen molar-refractivity contribution in [3.05, 3.63) is 23.4 Å². The Hall–Kier alpha value is -0.800. The summed E-state index contributed by atoms with van der Waals surface area (Å²) in [4.78, 5) is 6.97. The number of aryl methyl sites for hydroxylation is 1. The normalized spacial score (nSPS) is 20.1. The van der Waals surface area contributed by atoms with Gasteiger partial charge >= 0.3 is 0 Å². The first-order valence-corrected chi connectivity index (χ1v) is 8.15. The number of piperidine rings is 1. The first kappa shape index (κ1) is 15.6. The SMILES string of the molecule is CCCc1cc(CCl)cc(OCC2CCCCN2C)n1. The lowest BCUT2D eigenvalue weighted by Gasteiger charge is -2.32. The lowest BCUT2D eigenvalue weighted by molar-refractivity contribution is 0.122. The molecule has 0 amide bonds. The van der Waals surface area contributed by atoms with Crippen molar-refractivity contribution in [3.63, 3.8) is 0 Å². The zero-order valence-corrected chi connectivity index (χ0v) is 13.3. The molecule has 0 aliphatic carbocycles. The Labute approximate surface area is 127 Å². The summed E-state index contributed by atoms with van der Waals surface area (Å²) in [6.45, 7) is 4.05. The second-order valence-electron chi connectivity index (χ2n) is 5.63. The zero-order valence-electron chi connectivity index (χ0n) is 12.6. The van der Waals surface area contributed by atoms with Crippen LogP contribution in [0.2, 0.25) is 0 Å². The third-order valence-corrected chi connectivity index (χ3v) is 4.23. The summed E-state index contributed by atoms with van der Waals surface area (Å²) in [5.41, 5.74) is 2.18. The van der Waals surface area contributed by atoms with Crippen LogP contribution >= 0.6 is 11.6 Å². The predicted molar refractivity (Wildman–Crippen MR) is 83.6 cm³/mol. The minimum atomic E-state index is 0.513. The lowest BCUT2D eigenvalue weighted by atomic mass is 10.0. The van der Waals surface area contributed by atoms with Crippen LogP contribution in [0.3, 0.4) is 0 Å². The molecule has 1 aromatic rings. The highest BCUT2D eigenvalue weighted by Crippen LogP contribution is 2.19. The molecule has 3 nitrogen and oxygen atoms in total. The van der Waals surface area contributed by atoms with Gasteiger partial charge in [-0.2, -0.15) is 0 Å². The summed E-state index contributed by atoms with van der Waals surface area (Å²) in [5.74, 6) is 1.24. The largest absolute Gasteiger partial charge is 0.476 e. The number of likely N-dealkylation sites (N-methyl/N-ethyl adjacent to an activating group) is 1. The highest BCUT2D eigenvalue weighted by molar-refractivity contribution is 6.17. The molecule has 1 atom stereocenters. The van der Waals surface area contributed by atoms with Crippen molar-refractivity contribution in [2.45, 2.75) is 50.9 Å². The molecule has 0 saturated carbocycles. The summed E-state index contributed by atoms with van der Waals surface area (Å²) in [6, 6.07) is 4.56. The van der Waals surface area contributed by atoms with Gasteiger partial charge in [0.1, 0.15) is 6.61 Å². The summed E-state index contributed by atoms with van der Waals surface area (Å²) in [5, 5.41) is 0. The highest BCUT2D eigenvalue weighted by atomic mass is 35.5. The molecule has 112 valence electrons. The Kier molecular flexibility index (Phi) is 6.11. The van der Waals surface area contributed by atoms with E-state index in [1.807, 2.05) is 6.07 Å². The third kappa shape index (κ3) is 4.35. The summed E-state index contributed by atoms with van der Waals surface area (Å²) in [7, 11) is 2.18. The summed E-state index contributed by atoms with van der Waals surface area (Å²) < 4.78 is 5.93. The van der Waals surface area contributed by atoms with E-state index in [2.05, 4.69) is 29.9 Å². The molecule has 2 heterocycles. The molecular weight excluding hydrogens is 272 g/mol. The lowest BCUT2D eigenvalue weighted by Crippen LogP contribution is -2.40. The Balaban J connectivity index is 1.98. The van der Waals surface area contributed by atoms with E-state index in [0.717, 1.165) is 36.6 Å². The monoisotopic (exact) mass is 296 g/mol. The average molecular weight is 297 g/mol. The fraction of sp³-hybridized carbons (Fsp3) is 0.688. The van der Waals surface area contributed by atoms with Gasteiger partial charge in [-0.1, -0.05) is 19.8 Å². The molecule has 0 bridgehead atoms. The fourth-order valence-electron chi connectivity index (χ4n) is 2.69. The van der Waals surface area contributed by atoms with Crippen LogP contribution in [0.4, 0.5) is 0 Å². The fourth-order valence-corrected chi connectivity index (χ4v) is 2.85. The van der Waals surface area contributed by atoms with Crippen LogP contribution in [-0.4, -0.2) is 36.1 Å². The van der Waals surface area contributed by atoms with Crippen molar-refractivity contribution < 1.29 is 4.74 Å². The zero-order chi connectivity index (χ0) is 14.4. The molecular formula is C16H25ClN2O. The van der Waals surface area contributed by atoms with Crippen molar-refractivity contribution in [2.75, 3.05) is 20.2 Å². The molecule has 0 spiro atoms. The van der Waals surface area contributed by atoms with E-state index in [4.69, 9.17) is 16.3 Å². The second kappa shape index (κ2) is 7.84. The van der Waals surface area contributed by atoms with Gasteiger partial charge in [-0.25, -0.2) is 4.98 Å². The summed E-state index contributed by atoms with van der Waals surface area (Å²) in [6.07, 6.45) is 5.88. The molecule has 1 saturated heterocycles. The van der Waals surface area contributed by atoms with Crippen molar-refractivity contribution in [1.82, 2.24) is 9.88 Å². The standard InChI is InChI=1S/C16H25ClN2O/c1-3-6-14-9-13(11-17)10-16(18-14)20-12-15-7-4-5-8-19(15)2/h9-10,15H,3-8,11-12H2,1-2H3. The Morgan fingerprint density at radius 1 is 1.40 bits per heavy atom. The van der Waals surface area contributed by atoms with Gasteiger partial charge in [-0.15, -0.1) is 11.6 Å². The molecule has 2 rings (SSSR count). The predicted octanol–water partition coefficient (Wildman–Crippen LogP) is 3.64. The average Bonchev–Trinajstić information content (AvgIpc) is 2.46. The smallest absolute Gasteiger partial charge is 0.213 e. The second-order valence-corrected chi connectivity index (χ2v) is 5.90. The molecule has 1 unspecified atom stereocenters. The van der Waals surface area contributed by atoms with Gasteiger partial charge in [0.2, 0.25) is 5.88 Å². The first-order valence-electron chi connectivity index (χ1n) is 7.61. The molecule has 4 heteroatoms. The van der Waals surface area contributed by atoms with E-state index in [9.17, 15) is 0 Å².